The largest absolute Gasteiger partial charge is 0.460 e. The number of nitrogens with zero attached hydrogens (tertiary/aromatic N) is 2. The van der Waals surface area contributed by atoms with E-state index in [0.29, 0.717) is 69.8 Å². The summed E-state index contributed by atoms with van der Waals surface area (Å²) >= 11 is 0. The van der Waals surface area contributed by atoms with E-state index in [1.807, 2.05) is 51.2 Å². The Balaban J connectivity index is 1.69. The van der Waals surface area contributed by atoms with Crippen LogP contribution in [0.4, 0.5) is 4.79 Å². The van der Waals surface area contributed by atoms with Crippen LogP contribution < -0.4 is 0 Å². The molecule has 400 valence electrons. The van der Waals surface area contributed by atoms with Gasteiger partial charge in [0.25, 0.3) is 11.7 Å². The van der Waals surface area contributed by atoms with Crippen molar-refractivity contribution in [3.8, 4) is 0 Å². The molecule has 2 N–H and O–H groups in total. The van der Waals surface area contributed by atoms with E-state index in [-0.39, 0.29) is 42.8 Å². The molecular weight excluding hydrogens is 917 g/mol. The predicted octanol–water partition coefficient (Wildman–Crippen LogP) is 6.82. The van der Waals surface area contributed by atoms with Crippen LogP contribution in [-0.4, -0.2) is 152 Å². The number of fused-ring (bicyclic) bond motifs is 3. The Morgan fingerprint density at radius 2 is 1.59 bits per heavy atom. The molecule has 0 aromatic rings. The maximum Gasteiger partial charge on any atom is 0.434 e. The van der Waals surface area contributed by atoms with E-state index in [1.54, 1.807) is 48.0 Å². The summed E-state index contributed by atoms with van der Waals surface area (Å²) in [5.41, 5.74) is 1.24. The number of Topliss-reactive ketones (excluding diaryl/α,β-unsaturated/α-hetero) is 3. The number of esters is 1. The molecule has 2 amide bonds. The molecule has 2 bridgehead atoms. The van der Waals surface area contributed by atoms with Crippen molar-refractivity contribution in [3.63, 3.8) is 0 Å². The highest BCUT2D eigenvalue weighted by atomic mass is 16.7. The van der Waals surface area contributed by atoms with Gasteiger partial charge in [-0.1, -0.05) is 71.1 Å². The van der Waals surface area contributed by atoms with Crippen LogP contribution in [0.3, 0.4) is 0 Å². The van der Waals surface area contributed by atoms with Crippen LogP contribution in [0.15, 0.2) is 47.6 Å². The van der Waals surface area contributed by atoms with Crippen molar-refractivity contribution in [1.29, 1.82) is 0 Å². The second-order valence-corrected chi connectivity index (χ2v) is 20.6. The number of hydrogen-bond donors (Lipinski definition) is 2. The summed E-state index contributed by atoms with van der Waals surface area (Å²) in [4.78, 5) is 89.8. The molecule has 15 atom stereocenters. The number of rotatable bonds is 8. The SMILES string of the molecule is CO[C@H]1C[C@@H]2CCC(C)[C@@](O)(O2)C(=O)C(=O)N2CCCC[C@H]2C(=O)O[C@H]([C@H](C)C[C@@H]2CC[C@@H](OC(=O)N(C)OC)[C@H](OC)C2)CC(=O)[C@H](C)/C=C(\C)[C@@H](O)[C@@H](OC)C(=O)C(C)C[C@H](C)/C=C/C=C/C=C/1C. The molecule has 4 aliphatic rings. The Bertz CT molecular complexity index is 1950. The van der Waals surface area contributed by atoms with Crippen molar-refractivity contribution in [3.05, 3.63) is 47.6 Å². The van der Waals surface area contributed by atoms with Gasteiger partial charge in [0.2, 0.25) is 5.79 Å². The van der Waals surface area contributed by atoms with Gasteiger partial charge in [0.15, 0.2) is 5.78 Å². The molecule has 3 fully saturated rings. The topological polar surface area (TPSA) is 214 Å². The molecular formula is C54H84N2O15. The molecule has 3 heterocycles. The van der Waals surface area contributed by atoms with Crippen LogP contribution in [0.5, 0.6) is 0 Å². The standard InChI is InChI=1S/C54H84N2O15/c1-32-18-14-13-15-19-33(2)44(65-9)30-40-23-21-38(7)54(64,71-40)50(60)51(61)56-25-17-16-20-41(56)52(62)69-45(31-42(57)34(3)27-37(6)48(59)49(67-11)47(58)36(5)26-32)35(4)28-39-22-24-43(46(29-39)66-10)70-53(63)55(8)68-12/h13-15,18-19,27,32,34-36,38-41,43-46,48-49,59,64H,16-17,20-26,28-31H2,1-12H3/b15-13+,18-14+,33-19+,37-27+/t32-,34-,35-,36?,38?,39+,40+,41+,43-,44+,45+,46-,48-,49+,54-/m1/s1. The second kappa shape index (κ2) is 27.8. The van der Waals surface area contributed by atoms with Gasteiger partial charge in [-0.25, -0.2) is 9.59 Å². The number of methoxy groups -OCH3 is 3. The zero-order valence-electron chi connectivity index (χ0n) is 44.3. The zero-order valence-corrected chi connectivity index (χ0v) is 44.3. The van der Waals surface area contributed by atoms with Gasteiger partial charge < -0.3 is 43.5 Å². The van der Waals surface area contributed by atoms with Gasteiger partial charge in [0, 0.05) is 65.5 Å². The molecule has 0 spiro atoms. The number of cyclic esters (lactones) is 1. The molecule has 0 radical (unpaired) electrons. The first-order valence-corrected chi connectivity index (χ1v) is 25.6. The fraction of sp³-hybridized carbons (Fsp3) is 0.741. The van der Waals surface area contributed by atoms with Gasteiger partial charge in [-0.15, -0.1) is 0 Å². The van der Waals surface area contributed by atoms with Gasteiger partial charge >= 0.3 is 12.1 Å². The summed E-state index contributed by atoms with van der Waals surface area (Å²) in [5, 5.41) is 24.5. The minimum absolute atomic E-state index is 0.00393. The summed E-state index contributed by atoms with van der Waals surface area (Å²) in [5.74, 6) is -8.34. The number of ether oxygens (including phenoxy) is 6. The summed E-state index contributed by atoms with van der Waals surface area (Å²) in [6.07, 6.45) is 9.88. The lowest BCUT2D eigenvalue weighted by atomic mass is 9.78. The highest BCUT2D eigenvalue weighted by molar-refractivity contribution is 6.39. The highest BCUT2D eigenvalue weighted by Crippen LogP contribution is 2.38. The number of aliphatic hydroxyl groups excluding tert-OH is 1. The molecule has 2 unspecified atom stereocenters. The van der Waals surface area contributed by atoms with Crippen molar-refractivity contribution in [2.45, 2.75) is 180 Å². The van der Waals surface area contributed by atoms with Crippen LogP contribution in [0.25, 0.3) is 0 Å². The number of piperidine rings is 1. The Labute approximate surface area is 421 Å². The third kappa shape index (κ3) is 15.9. The van der Waals surface area contributed by atoms with Crippen LogP contribution in [0.1, 0.15) is 126 Å². The minimum atomic E-state index is -2.45. The lowest BCUT2D eigenvalue weighted by Gasteiger charge is -2.42. The van der Waals surface area contributed by atoms with Gasteiger partial charge in [-0.2, -0.15) is 5.06 Å². The predicted molar refractivity (Wildman–Crippen MR) is 264 cm³/mol. The molecule has 3 aliphatic heterocycles. The summed E-state index contributed by atoms with van der Waals surface area (Å²) < 4.78 is 35.4. The number of hydrogen-bond acceptors (Lipinski definition) is 15. The van der Waals surface area contributed by atoms with E-state index in [4.69, 9.17) is 33.3 Å². The first kappa shape index (κ1) is 59.5. The van der Waals surface area contributed by atoms with E-state index < -0.39 is 102 Å². The molecule has 0 aromatic heterocycles. The number of ketones is 3. The number of allylic oxidation sites excluding steroid dienone is 6. The molecule has 71 heavy (non-hydrogen) atoms. The minimum Gasteiger partial charge on any atom is -0.460 e. The average Bonchev–Trinajstić information content (AvgIpc) is 3.35. The fourth-order valence-electron chi connectivity index (χ4n) is 10.5. The normalized spacial score (nSPS) is 37.9. The molecule has 4 rings (SSSR count). The molecule has 1 aliphatic carbocycles. The van der Waals surface area contributed by atoms with E-state index in [9.17, 15) is 39.0 Å². The lowest BCUT2D eigenvalue weighted by Crippen LogP contribution is -2.61. The Morgan fingerprint density at radius 3 is 2.25 bits per heavy atom. The third-order valence-electron chi connectivity index (χ3n) is 15.2. The van der Waals surface area contributed by atoms with Crippen LogP contribution in [0.2, 0.25) is 0 Å². The van der Waals surface area contributed by atoms with Crippen molar-refractivity contribution >= 4 is 35.3 Å². The third-order valence-corrected chi connectivity index (χ3v) is 15.2. The van der Waals surface area contributed by atoms with Gasteiger partial charge in [-0.05, 0) is 107 Å². The average molecular weight is 1000 g/mol. The van der Waals surface area contributed by atoms with Gasteiger partial charge in [0.05, 0.1) is 25.4 Å². The van der Waals surface area contributed by atoms with Crippen molar-refractivity contribution in [2.24, 2.45) is 35.5 Å². The summed E-state index contributed by atoms with van der Waals surface area (Å²) in [6.45, 7) is 12.6. The van der Waals surface area contributed by atoms with E-state index in [1.165, 1.54) is 26.2 Å². The zero-order chi connectivity index (χ0) is 52.7. The van der Waals surface area contributed by atoms with Crippen LogP contribution in [0, 0.1) is 35.5 Å². The number of hydroxylamine groups is 2. The van der Waals surface area contributed by atoms with E-state index in [0.717, 1.165) is 10.6 Å². The quantitative estimate of drug-likeness (QED) is 0.111. The molecule has 0 aromatic carbocycles. The molecule has 17 nitrogen and oxygen atoms in total. The summed E-state index contributed by atoms with van der Waals surface area (Å²) in [6, 6.07) is -1.18. The number of carbonyl (C=O) groups is 6. The summed E-state index contributed by atoms with van der Waals surface area (Å²) in [7, 11) is 7.30. The Kier molecular flexibility index (Phi) is 23.3. The molecule has 2 saturated heterocycles. The van der Waals surface area contributed by atoms with Crippen molar-refractivity contribution < 1.29 is 72.2 Å². The second-order valence-electron chi connectivity index (χ2n) is 20.6. The van der Waals surface area contributed by atoms with Crippen LogP contribution in [-0.2, 0) is 57.2 Å². The lowest BCUT2D eigenvalue weighted by molar-refractivity contribution is -0.265. The van der Waals surface area contributed by atoms with Crippen LogP contribution >= 0.6 is 0 Å². The number of amides is 2. The number of carbonyl (C=O) groups excluding carboxylic acids is 6. The van der Waals surface area contributed by atoms with E-state index >= 15 is 0 Å². The van der Waals surface area contributed by atoms with Crippen molar-refractivity contribution in [2.75, 3.05) is 42.0 Å². The van der Waals surface area contributed by atoms with Crippen molar-refractivity contribution in [1.82, 2.24) is 9.96 Å². The monoisotopic (exact) mass is 1000 g/mol. The molecule has 17 heteroatoms. The molecule has 1 saturated carbocycles. The van der Waals surface area contributed by atoms with Gasteiger partial charge in [-0.3, -0.25) is 24.0 Å². The smallest absolute Gasteiger partial charge is 0.434 e. The first-order chi connectivity index (χ1) is 33.6. The maximum absolute atomic E-state index is 14.5. The van der Waals surface area contributed by atoms with E-state index in [2.05, 4.69) is 0 Å². The highest BCUT2D eigenvalue weighted by Gasteiger charge is 2.53. The van der Waals surface area contributed by atoms with Gasteiger partial charge in [0.1, 0.15) is 36.2 Å². The Hall–Kier alpha value is -4.10. The first-order valence-electron chi connectivity index (χ1n) is 25.6. The number of aliphatic hydroxyl groups is 2. The maximum atomic E-state index is 14.5. The Morgan fingerprint density at radius 1 is 0.873 bits per heavy atom. The fourth-order valence-corrected chi connectivity index (χ4v) is 10.5.